The van der Waals surface area contributed by atoms with Gasteiger partial charge in [0.05, 0.1) is 11.5 Å². The number of aliphatic carboxylic acids is 1. The average Bonchev–Trinajstić information content (AvgIpc) is 2.79. The van der Waals surface area contributed by atoms with E-state index in [2.05, 4.69) is 0 Å². The molecule has 1 N–H and O–H groups in total. The summed E-state index contributed by atoms with van der Waals surface area (Å²) >= 11 is 1.03. The number of carbonyl (C=O) groups is 1. The van der Waals surface area contributed by atoms with Crippen molar-refractivity contribution >= 4 is 17.3 Å². The molecule has 1 saturated heterocycles. The number of thiophene rings is 1. The highest BCUT2D eigenvalue weighted by atomic mass is 32.1. The first kappa shape index (κ1) is 15.3. The van der Waals surface area contributed by atoms with Gasteiger partial charge >= 0.3 is 12.1 Å². The van der Waals surface area contributed by atoms with Crippen molar-refractivity contribution in [3.63, 3.8) is 0 Å². The maximum absolute atomic E-state index is 12.8. The van der Waals surface area contributed by atoms with Crippen LogP contribution >= 0.6 is 11.3 Å². The standard InChI is InChI=1S/C13H16F3NO2S/c1-8-10(12(18)19)3-2-4-17(8)5-9-6-20-7-11(9)13(14,15)16/h6-8,10H,2-5H2,1H3,(H,18,19)/t8-,10-/m1/s1. The van der Waals surface area contributed by atoms with E-state index in [0.717, 1.165) is 16.7 Å². The lowest BCUT2D eigenvalue weighted by Crippen LogP contribution is -2.45. The predicted octanol–water partition coefficient (Wildman–Crippen LogP) is 3.45. The van der Waals surface area contributed by atoms with Crippen molar-refractivity contribution in [2.24, 2.45) is 5.92 Å². The molecule has 20 heavy (non-hydrogen) atoms. The summed E-state index contributed by atoms with van der Waals surface area (Å²) in [6, 6.07) is -0.248. The molecule has 1 aromatic heterocycles. The van der Waals surface area contributed by atoms with Gasteiger partial charge in [0.15, 0.2) is 0 Å². The Morgan fingerprint density at radius 2 is 2.20 bits per heavy atom. The van der Waals surface area contributed by atoms with Crippen LogP contribution in [0.5, 0.6) is 0 Å². The molecule has 0 unspecified atom stereocenters. The van der Waals surface area contributed by atoms with E-state index in [4.69, 9.17) is 5.11 Å². The lowest BCUT2D eigenvalue weighted by Gasteiger charge is -2.37. The maximum Gasteiger partial charge on any atom is 0.417 e. The molecule has 1 aromatic rings. The molecule has 0 spiro atoms. The number of likely N-dealkylation sites (tertiary alicyclic amines) is 1. The number of alkyl halides is 3. The minimum Gasteiger partial charge on any atom is -0.481 e. The van der Waals surface area contributed by atoms with Gasteiger partial charge in [0.2, 0.25) is 0 Å². The van der Waals surface area contributed by atoms with Gasteiger partial charge in [-0.05, 0) is 37.3 Å². The highest BCUT2D eigenvalue weighted by molar-refractivity contribution is 7.08. The molecule has 0 bridgehead atoms. The van der Waals surface area contributed by atoms with E-state index in [1.54, 1.807) is 6.92 Å². The minimum absolute atomic E-state index is 0.156. The van der Waals surface area contributed by atoms with Crippen LogP contribution in [0.15, 0.2) is 10.8 Å². The summed E-state index contributed by atoms with van der Waals surface area (Å²) < 4.78 is 38.5. The minimum atomic E-state index is -4.35. The predicted molar refractivity (Wildman–Crippen MR) is 69.6 cm³/mol. The third-order valence-corrected chi connectivity index (χ3v) is 4.65. The van der Waals surface area contributed by atoms with Crippen LogP contribution in [0.1, 0.15) is 30.9 Å². The van der Waals surface area contributed by atoms with Crippen molar-refractivity contribution in [3.05, 3.63) is 21.9 Å². The Kier molecular flexibility index (Phi) is 4.39. The quantitative estimate of drug-likeness (QED) is 0.930. The third kappa shape index (κ3) is 3.15. The van der Waals surface area contributed by atoms with E-state index in [1.807, 2.05) is 4.90 Å². The molecular weight excluding hydrogens is 291 g/mol. The first-order valence-corrected chi connectivity index (χ1v) is 7.34. The van der Waals surface area contributed by atoms with E-state index in [1.165, 1.54) is 5.38 Å². The average molecular weight is 307 g/mol. The fourth-order valence-electron chi connectivity index (χ4n) is 2.68. The van der Waals surface area contributed by atoms with Gasteiger partial charge in [-0.2, -0.15) is 24.5 Å². The molecule has 2 heterocycles. The van der Waals surface area contributed by atoms with Crippen LogP contribution in [-0.2, 0) is 17.5 Å². The summed E-state index contributed by atoms with van der Waals surface area (Å²) in [5.41, 5.74) is -0.368. The van der Waals surface area contributed by atoms with Crippen LogP contribution in [-0.4, -0.2) is 28.6 Å². The van der Waals surface area contributed by atoms with E-state index in [0.29, 0.717) is 19.4 Å². The number of carboxylic acid groups (broad SMARTS) is 1. The first-order valence-electron chi connectivity index (χ1n) is 6.40. The van der Waals surface area contributed by atoms with Crippen molar-refractivity contribution in [3.8, 4) is 0 Å². The van der Waals surface area contributed by atoms with Gasteiger partial charge in [-0.15, -0.1) is 0 Å². The number of hydrogen-bond donors (Lipinski definition) is 1. The van der Waals surface area contributed by atoms with Gasteiger partial charge in [0, 0.05) is 18.0 Å². The molecular formula is C13H16F3NO2S. The van der Waals surface area contributed by atoms with Crippen LogP contribution in [0, 0.1) is 5.92 Å². The zero-order valence-corrected chi connectivity index (χ0v) is 11.8. The van der Waals surface area contributed by atoms with Gasteiger partial charge in [0.25, 0.3) is 0 Å². The van der Waals surface area contributed by atoms with E-state index in [9.17, 15) is 18.0 Å². The second kappa shape index (κ2) is 5.73. The Hall–Kier alpha value is -1.08. The Morgan fingerprint density at radius 1 is 1.50 bits per heavy atom. The van der Waals surface area contributed by atoms with Gasteiger partial charge in [-0.3, -0.25) is 9.69 Å². The number of halogens is 3. The van der Waals surface area contributed by atoms with Crippen molar-refractivity contribution in [1.29, 1.82) is 0 Å². The summed E-state index contributed by atoms with van der Waals surface area (Å²) in [4.78, 5) is 13.0. The SMILES string of the molecule is C[C@@H]1[C@H](C(=O)O)CCCN1Cc1cscc1C(F)(F)F. The Labute approximate surface area is 119 Å². The van der Waals surface area contributed by atoms with Crippen LogP contribution in [0.4, 0.5) is 13.2 Å². The zero-order valence-electron chi connectivity index (χ0n) is 11.0. The number of nitrogens with zero attached hydrogens (tertiary/aromatic N) is 1. The fraction of sp³-hybridized carbons (Fsp3) is 0.615. The van der Waals surface area contributed by atoms with Crippen LogP contribution in [0.25, 0.3) is 0 Å². The van der Waals surface area contributed by atoms with E-state index >= 15 is 0 Å². The zero-order chi connectivity index (χ0) is 14.9. The molecule has 0 aliphatic carbocycles. The van der Waals surface area contributed by atoms with Crippen molar-refractivity contribution in [2.75, 3.05) is 6.54 Å². The second-order valence-electron chi connectivity index (χ2n) is 5.11. The molecule has 0 saturated carbocycles. The number of rotatable bonds is 3. The van der Waals surface area contributed by atoms with Gasteiger partial charge in [0.1, 0.15) is 0 Å². The highest BCUT2D eigenvalue weighted by Crippen LogP contribution is 2.36. The molecule has 0 aromatic carbocycles. The summed E-state index contributed by atoms with van der Waals surface area (Å²) in [5.74, 6) is -1.37. The number of carboxylic acids is 1. The highest BCUT2D eigenvalue weighted by Gasteiger charge is 2.37. The molecule has 0 radical (unpaired) electrons. The lowest BCUT2D eigenvalue weighted by molar-refractivity contribution is -0.146. The molecule has 7 heteroatoms. The van der Waals surface area contributed by atoms with Crippen molar-refractivity contribution < 1.29 is 23.1 Å². The van der Waals surface area contributed by atoms with Crippen molar-refractivity contribution in [1.82, 2.24) is 4.90 Å². The smallest absolute Gasteiger partial charge is 0.417 e. The Bertz CT molecular complexity index is 486. The normalized spacial score (nSPS) is 24.8. The molecule has 1 fully saturated rings. The van der Waals surface area contributed by atoms with Crippen molar-refractivity contribution in [2.45, 2.75) is 38.5 Å². The molecule has 1 aliphatic rings. The van der Waals surface area contributed by atoms with Crippen LogP contribution in [0.3, 0.4) is 0 Å². The summed E-state index contributed by atoms with van der Waals surface area (Å²) in [5, 5.41) is 11.7. The van der Waals surface area contributed by atoms with E-state index < -0.39 is 23.6 Å². The fourth-order valence-corrected chi connectivity index (χ4v) is 3.53. The molecule has 2 atom stereocenters. The molecule has 112 valence electrons. The lowest BCUT2D eigenvalue weighted by atomic mass is 9.90. The van der Waals surface area contributed by atoms with Gasteiger partial charge in [-0.1, -0.05) is 0 Å². The number of piperidine rings is 1. The topological polar surface area (TPSA) is 40.5 Å². The van der Waals surface area contributed by atoms with Gasteiger partial charge < -0.3 is 5.11 Å². The van der Waals surface area contributed by atoms with E-state index in [-0.39, 0.29) is 18.2 Å². The largest absolute Gasteiger partial charge is 0.481 e. The van der Waals surface area contributed by atoms with Crippen LogP contribution < -0.4 is 0 Å². The van der Waals surface area contributed by atoms with Gasteiger partial charge in [-0.25, -0.2) is 0 Å². The summed E-state index contributed by atoms with van der Waals surface area (Å²) in [6.07, 6.45) is -3.06. The maximum atomic E-state index is 12.8. The molecule has 3 nitrogen and oxygen atoms in total. The number of hydrogen-bond acceptors (Lipinski definition) is 3. The molecule has 1 aliphatic heterocycles. The van der Waals surface area contributed by atoms with Crippen LogP contribution in [0.2, 0.25) is 0 Å². The Balaban J connectivity index is 2.14. The monoisotopic (exact) mass is 307 g/mol. The summed E-state index contributed by atoms with van der Waals surface area (Å²) in [6.45, 7) is 2.57. The molecule has 0 amide bonds. The summed E-state index contributed by atoms with van der Waals surface area (Å²) in [7, 11) is 0. The third-order valence-electron chi connectivity index (χ3n) is 3.86. The second-order valence-corrected chi connectivity index (χ2v) is 5.85. The molecule has 2 rings (SSSR count). The Morgan fingerprint density at radius 3 is 2.80 bits per heavy atom. The first-order chi connectivity index (χ1) is 9.30.